The summed E-state index contributed by atoms with van der Waals surface area (Å²) in [7, 11) is 0. The fourth-order valence-corrected chi connectivity index (χ4v) is 3.03. The van der Waals surface area contributed by atoms with Crippen molar-refractivity contribution in [1.82, 2.24) is 15.5 Å². The lowest BCUT2D eigenvalue weighted by atomic mass is 9.99. The number of carbonyl (C=O) groups is 4. The maximum Gasteiger partial charge on any atom is 0.408 e. The monoisotopic (exact) mass is 473 g/mol. The van der Waals surface area contributed by atoms with Gasteiger partial charge in [-0.05, 0) is 39.2 Å². The lowest BCUT2D eigenvalue weighted by Gasteiger charge is -2.31. The van der Waals surface area contributed by atoms with Gasteiger partial charge < -0.3 is 20.1 Å². The second-order valence-corrected chi connectivity index (χ2v) is 8.86. The summed E-state index contributed by atoms with van der Waals surface area (Å²) in [6.07, 6.45) is 4.89. The van der Waals surface area contributed by atoms with E-state index < -0.39 is 41.6 Å². The van der Waals surface area contributed by atoms with Crippen LogP contribution in [-0.2, 0) is 23.9 Å². The molecule has 0 aromatic heterocycles. The van der Waals surface area contributed by atoms with Crippen LogP contribution in [0.1, 0.15) is 59.6 Å². The van der Waals surface area contributed by atoms with Crippen LogP contribution in [0.4, 0.5) is 4.79 Å². The number of benzene rings is 1. The standard InChI is InChI=1S/C25H35N3O6/c1-8-28(23(31)20(17(3)4)27-24(32)34-25(5,6)7)21(18-13-11-10-12-14-18)22(30)26-16-15-19(29)33-9-2/h1,10-14,17,20-21H,9,15-16H2,2-7H3,(H,26,30)(H,27,32). The van der Waals surface area contributed by atoms with Gasteiger partial charge in [0.2, 0.25) is 5.91 Å². The highest BCUT2D eigenvalue weighted by Gasteiger charge is 2.37. The van der Waals surface area contributed by atoms with Gasteiger partial charge >= 0.3 is 12.1 Å². The topological polar surface area (TPSA) is 114 Å². The Hall–Kier alpha value is -3.54. The number of hydrogen-bond acceptors (Lipinski definition) is 6. The molecule has 0 saturated carbocycles. The second kappa shape index (κ2) is 13.2. The van der Waals surface area contributed by atoms with Crippen LogP contribution in [0.5, 0.6) is 0 Å². The number of ether oxygens (including phenoxy) is 2. The first-order valence-electron chi connectivity index (χ1n) is 11.2. The maximum atomic E-state index is 13.5. The summed E-state index contributed by atoms with van der Waals surface area (Å²) in [6, 6.07) is 8.61. The van der Waals surface area contributed by atoms with Crippen LogP contribution in [-0.4, -0.2) is 53.6 Å². The Balaban J connectivity index is 3.18. The fraction of sp³-hybridized carbons (Fsp3) is 0.520. The molecule has 2 unspecified atom stereocenters. The predicted molar refractivity (Wildman–Crippen MR) is 127 cm³/mol. The smallest absolute Gasteiger partial charge is 0.408 e. The van der Waals surface area contributed by atoms with Gasteiger partial charge in [0.1, 0.15) is 17.7 Å². The molecule has 0 heterocycles. The van der Waals surface area contributed by atoms with Crippen molar-refractivity contribution in [2.45, 2.75) is 65.6 Å². The minimum Gasteiger partial charge on any atom is -0.466 e. The van der Waals surface area contributed by atoms with E-state index in [4.69, 9.17) is 15.9 Å². The molecular formula is C25H35N3O6. The van der Waals surface area contributed by atoms with Gasteiger partial charge in [-0.3, -0.25) is 19.3 Å². The zero-order valence-electron chi connectivity index (χ0n) is 20.7. The summed E-state index contributed by atoms with van der Waals surface area (Å²) in [5, 5.41) is 5.20. The van der Waals surface area contributed by atoms with Crippen molar-refractivity contribution in [1.29, 1.82) is 0 Å². The summed E-state index contributed by atoms with van der Waals surface area (Å²) in [6.45, 7) is 10.5. The predicted octanol–water partition coefficient (Wildman–Crippen LogP) is 2.77. The average Bonchev–Trinajstić information content (AvgIpc) is 2.74. The highest BCUT2D eigenvalue weighted by atomic mass is 16.6. The average molecular weight is 474 g/mol. The molecule has 0 saturated heterocycles. The van der Waals surface area contributed by atoms with E-state index in [0.717, 1.165) is 4.90 Å². The van der Waals surface area contributed by atoms with Crippen molar-refractivity contribution in [3.63, 3.8) is 0 Å². The number of terminal acetylenes is 1. The first kappa shape index (κ1) is 28.5. The Labute approximate surface area is 201 Å². The molecule has 1 aromatic rings. The van der Waals surface area contributed by atoms with Crippen molar-refractivity contribution in [3.05, 3.63) is 35.9 Å². The van der Waals surface area contributed by atoms with E-state index in [0.29, 0.717) is 5.56 Å². The van der Waals surface area contributed by atoms with E-state index in [9.17, 15) is 19.2 Å². The van der Waals surface area contributed by atoms with E-state index in [1.165, 1.54) is 0 Å². The third-order valence-electron chi connectivity index (χ3n) is 4.54. The second-order valence-electron chi connectivity index (χ2n) is 8.86. The van der Waals surface area contributed by atoms with Crippen molar-refractivity contribution >= 4 is 23.9 Å². The number of amides is 3. The highest BCUT2D eigenvalue weighted by Crippen LogP contribution is 2.23. The Morgan fingerprint density at radius 1 is 1.12 bits per heavy atom. The molecule has 0 spiro atoms. The van der Waals surface area contributed by atoms with Gasteiger partial charge in [0.15, 0.2) is 0 Å². The molecule has 0 radical (unpaired) electrons. The van der Waals surface area contributed by atoms with Crippen LogP contribution in [0.25, 0.3) is 0 Å². The van der Waals surface area contributed by atoms with Crippen LogP contribution in [0.15, 0.2) is 30.3 Å². The molecule has 0 aliphatic rings. The molecule has 9 nitrogen and oxygen atoms in total. The Kier molecular flexibility index (Phi) is 11.1. The summed E-state index contributed by atoms with van der Waals surface area (Å²) in [5.74, 6) is -2.01. The fourth-order valence-electron chi connectivity index (χ4n) is 3.03. The number of nitrogens with one attached hydrogen (secondary N) is 2. The number of rotatable bonds is 10. The Morgan fingerprint density at radius 3 is 2.24 bits per heavy atom. The quantitative estimate of drug-likeness (QED) is 0.307. The van der Waals surface area contributed by atoms with Gasteiger partial charge in [-0.25, -0.2) is 4.79 Å². The molecule has 186 valence electrons. The summed E-state index contributed by atoms with van der Waals surface area (Å²) >= 11 is 0. The maximum absolute atomic E-state index is 13.5. The summed E-state index contributed by atoms with van der Waals surface area (Å²) < 4.78 is 10.1. The molecule has 2 atom stereocenters. The molecule has 0 aliphatic carbocycles. The van der Waals surface area contributed by atoms with E-state index in [1.807, 2.05) is 0 Å². The lowest BCUT2D eigenvalue weighted by molar-refractivity contribution is -0.143. The van der Waals surface area contributed by atoms with Crippen LogP contribution in [0.2, 0.25) is 0 Å². The number of carbonyl (C=O) groups excluding carboxylic acids is 4. The van der Waals surface area contributed by atoms with Crippen LogP contribution < -0.4 is 10.6 Å². The SMILES string of the molecule is C#CN(C(=O)C(NC(=O)OC(C)(C)C)C(C)C)C(C(=O)NCCC(=O)OCC)c1ccccc1. The molecule has 0 bridgehead atoms. The molecule has 0 fully saturated rings. The number of nitrogens with zero attached hydrogens (tertiary/aromatic N) is 1. The molecule has 1 aromatic carbocycles. The molecule has 1 rings (SSSR count). The van der Waals surface area contributed by atoms with Crippen molar-refractivity contribution in [2.75, 3.05) is 13.2 Å². The molecule has 0 aliphatic heterocycles. The van der Waals surface area contributed by atoms with Gasteiger partial charge in [0.05, 0.1) is 13.0 Å². The first-order valence-corrected chi connectivity index (χ1v) is 11.2. The number of esters is 1. The minimum absolute atomic E-state index is 0.0113. The number of alkyl carbamates (subject to hydrolysis) is 1. The zero-order chi connectivity index (χ0) is 25.9. The Morgan fingerprint density at radius 2 is 1.74 bits per heavy atom. The van der Waals surface area contributed by atoms with Crippen molar-refractivity contribution < 1.29 is 28.7 Å². The molecule has 3 amide bonds. The first-order chi connectivity index (χ1) is 15.9. The highest BCUT2D eigenvalue weighted by molar-refractivity contribution is 5.93. The molecule has 2 N–H and O–H groups in total. The van der Waals surface area contributed by atoms with Crippen LogP contribution in [0.3, 0.4) is 0 Å². The third-order valence-corrected chi connectivity index (χ3v) is 4.54. The number of hydrogen-bond donors (Lipinski definition) is 2. The normalized spacial score (nSPS) is 12.6. The van der Waals surface area contributed by atoms with E-state index in [1.54, 1.807) is 71.9 Å². The lowest BCUT2D eigenvalue weighted by Crippen LogP contribution is -2.53. The minimum atomic E-state index is -1.18. The van der Waals surface area contributed by atoms with Gasteiger partial charge in [-0.2, -0.15) is 0 Å². The van der Waals surface area contributed by atoms with Crippen molar-refractivity contribution in [2.24, 2.45) is 5.92 Å². The van der Waals surface area contributed by atoms with Gasteiger partial charge in [0.25, 0.3) is 5.91 Å². The zero-order valence-corrected chi connectivity index (χ0v) is 20.7. The van der Waals surface area contributed by atoms with Gasteiger partial charge in [0, 0.05) is 12.6 Å². The van der Waals surface area contributed by atoms with E-state index in [2.05, 4.69) is 16.7 Å². The van der Waals surface area contributed by atoms with Crippen molar-refractivity contribution in [3.8, 4) is 12.5 Å². The van der Waals surface area contributed by atoms with E-state index in [-0.39, 0.29) is 25.5 Å². The van der Waals surface area contributed by atoms with Crippen LogP contribution in [0, 0.1) is 18.4 Å². The van der Waals surface area contributed by atoms with Crippen LogP contribution >= 0.6 is 0 Å². The van der Waals surface area contributed by atoms with Gasteiger partial charge in [-0.15, -0.1) is 0 Å². The summed E-state index contributed by atoms with van der Waals surface area (Å²) in [4.78, 5) is 51.5. The largest absolute Gasteiger partial charge is 0.466 e. The summed E-state index contributed by atoms with van der Waals surface area (Å²) in [5.41, 5.74) is -0.284. The molecular weight excluding hydrogens is 438 g/mol. The van der Waals surface area contributed by atoms with E-state index >= 15 is 0 Å². The van der Waals surface area contributed by atoms with Gasteiger partial charge in [-0.1, -0.05) is 50.6 Å². The Bertz CT molecular complexity index is 886. The molecule has 34 heavy (non-hydrogen) atoms. The molecule has 9 heteroatoms. The third kappa shape index (κ3) is 9.14.